The molecule has 2 rings (SSSR count). The van der Waals surface area contributed by atoms with E-state index in [4.69, 9.17) is 17.3 Å². The average molecular weight is 294 g/mol. The summed E-state index contributed by atoms with van der Waals surface area (Å²) in [6.07, 6.45) is 0.411. The number of Topliss-reactive ketones (excluding diaryl/α,β-unsaturated/α-hetero) is 1. The van der Waals surface area contributed by atoms with Crippen LogP contribution in [0.2, 0.25) is 4.34 Å². The van der Waals surface area contributed by atoms with E-state index in [9.17, 15) is 4.79 Å². The van der Waals surface area contributed by atoms with E-state index in [1.807, 2.05) is 50.2 Å². The van der Waals surface area contributed by atoms with Gasteiger partial charge in [0.15, 0.2) is 0 Å². The number of hydrogen-bond acceptors (Lipinski definition) is 3. The molecule has 0 aliphatic carbocycles. The summed E-state index contributed by atoms with van der Waals surface area (Å²) in [7, 11) is 0. The van der Waals surface area contributed by atoms with E-state index in [0.29, 0.717) is 16.4 Å². The van der Waals surface area contributed by atoms with Crippen molar-refractivity contribution < 1.29 is 4.79 Å². The van der Waals surface area contributed by atoms with Crippen LogP contribution in [0.4, 0.5) is 5.69 Å². The lowest BCUT2D eigenvalue weighted by molar-refractivity contribution is -0.122. The van der Waals surface area contributed by atoms with Crippen molar-refractivity contribution in [2.45, 2.75) is 25.7 Å². The number of benzene rings is 1. The number of thiophene rings is 1. The van der Waals surface area contributed by atoms with Gasteiger partial charge in [0.1, 0.15) is 5.78 Å². The summed E-state index contributed by atoms with van der Waals surface area (Å²) in [5.74, 6) is 0.177. The number of rotatable bonds is 4. The van der Waals surface area contributed by atoms with Gasteiger partial charge in [0.25, 0.3) is 0 Å². The van der Waals surface area contributed by atoms with Crippen LogP contribution in [0, 0.1) is 0 Å². The summed E-state index contributed by atoms with van der Waals surface area (Å²) >= 11 is 7.34. The molecule has 0 unspecified atom stereocenters. The molecule has 1 aromatic heterocycles. The van der Waals surface area contributed by atoms with Gasteiger partial charge in [-0.1, -0.05) is 23.7 Å². The highest BCUT2D eigenvalue weighted by Gasteiger charge is 2.29. The Balaban J connectivity index is 2.19. The topological polar surface area (TPSA) is 43.1 Å². The SMILES string of the molecule is CC(C)(C(=O)Cc1ccc(Cl)s1)c1ccc(N)cc1. The van der Waals surface area contributed by atoms with Gasteiger partial charge in [-0.3, -0.25) is 4.79 Å². The number of carbonyl (C=O) groups is 1. The number of nitrogen functional groups attached to an aromatic ring is 1. The molecular weight excluding hydrogens is 278 g/mol. The Morgan fingerprint density at radius 2 is 1.84 bits per heavy atom. The first-order chi connectivity index (χ1) is 8.89. The zero-order chi connectivity index (χ0) is 14.0. The summed E-state index contributed by atoms with van der Waals surface area (Å²) in [6, 6.07) is 11.2. The number of carbonyl (C=O) groups excluding carboxylic acids is 1. The Bertz CT molecular complexity index is 586. The van der Waals surface area contributed by atoms with E-state index in [2.05, 4.69) is 0 Å². The Kier molecular flexibility index (Phi) is 3.97. The molecule has 1 heterocycles. The molecule has 0 aliphatic heterocycles. The third kappa shape index (κ3) is 3.17. The third-order valence-corrected chi connectivity index (χ3v) is 4.52. The van der Waals surface area contributed by atoms with Crippen molar-refractivity contribution >= 4 is 34.4 Å². The molecule has 0 aliphatic rings. The van der Waals surface area contributed by atoms with Gasteiger partial charge in [-0.05, 0) is 43.7 Å². The van der Waals surface area contributed by atoms with Crippen LogP contribution in [0.15, 0.2) is 36.4 Å². The molecule has 4 heteroatoms. The fourth-order valence-electron chi connectivity index (χ4n) is 1.89. The molecule has 100 valence electrons. The van der Waals surface area contributed by atoms with Gasteiger partial charge in [-0.2, -0.15) is 0 Å². The van der Waals surface area contributed by atoms with Crippen LogP contribution < -0.4 is 5.73 Å². The van der Waals surface area contributed by atoms with Gasteiger partial charge in [0.05, 0.1) is 4.34 Å². The highest BCUT2D eigenvalue weighted by molar-refractivity contribution is 7.16. The second-order valence-electron chi connectivity index (χ2n) is 5.05. The van der Waals surface area contributed by atoms with Gasteiger partial charge < -0.3 is 5.73 Å². The summed E-state index contributed by atoms with van der Waals surface area (Å²) in [4.78, 5) is 13.5. The van der Waals surface area contributed by atoms with Crippen LogP contribution in [0.1, 0.15) is 24.3 Å². The van der Waals surface area contributed by atoms with Crippen molar-refractivity contribution in [3.63, 3.8) is 0 Å². The van der Waals surface area contributed by atoms with Crippen LogP contribution in [0.3, 0.4) is 0 Å². The lowest BCUT2D eigenvalue weighted by Gasteiger charge is -2.23. The lowest BCUT2D eigenvalue weighted by Crippen LogP contribution is -2.30. The maximum Gasteiger partial charge on any atom is 0.148 e. The predicted molar refractivity (Wildman–Crippen MR) is 81.9 cm³/mol. The summed E-state index contributed by atoms with van der Waals surface area (Å²) in [5.41, 5.74) is 6.84. The Morgan fingerprint density at radius 3 is 2.37 bits per heavy atom. The van der Waals surface area contributed by atoms with Crippen LogP contribution in [-0.4, -0.2) is 5.78 Å². The first-order valence-corrected chi connectivity index (χ1v) is 7.22. The molecule has 0 spiro atoms. The van der Waals surface area contributed by atoms with Crippen molar-refractivity contribution in [1.29, 1.82) is 0 Å². The van der Waals surface area contributed by atoms with E-state index in [-0.39, 0.29) is 5.78 Å². The minimum atomic E-state index is -0.524. The zero-order valence-corrected chi connectivity index (χ0v) is 12.5. The van der Waals surface area contributed by atoms with Crippen molar-refractivity contribution in [1.82, 2.24) is 0 Å². The Morgan fingerprint density at radius 1 is 1.21 bits per heavy atom. The van der Waals surface area contributed by atoms with E-state index >= 15 is 0 Å². The highest BCUT2D eigenvalue weighted by Crippen LogP contribution is 2.29. The average Bonchev–Trinajstić information content (AvgIpc) is 2.75. The molecule has 1 aromatic carbocycles. The van der Waals surface area contributed by atoms with Gasteiger partial charge >= 0.3 is 0 Å². The molecule has 0 saturated carbocycles. The molecule has 0 amide bonds. The number of hydrogen-bond donors (Lipinski definition) is 1. The number of ketones is 1. The highest BCUT2D eigenvalue weighted by atomic mass is 35.5. The molecule has 0 fully saturated rings. The fraction of sp³-hybridized carbons (Fsp3) is 0.267. The molecule has 19 heavy (non-hydrogen) atoms. The molecule has 2 nitrogen and oxygen atoms in total. The van der Waals surface area contributed by atoms with E-state index in [1.165, 1.54) is 11.3 Å². The van der Waals surface area contributed by atoms with Crippen molar-refractivity contribution in [3.8, 4) is 0 Å². The van der Waals surface area contributed by atoms with Crippen molar-refractivity contribution in [2.75, 3.05) is 5.73 Å². The van der Waals surface area contributed by atoms with Gasteiger partial charge in [-0.25, -0.2) is 0 Å². The minimum absolute atomic E-state index is 0.177. The Labute approximate surface area is 122 Å². The molecule has 0 bridgehead atoms. The maximum atomic E-state index is 12.5. The quantitative estimate of drug-likeness (QED) is 0.863. The van der Waals surface area contributed by atoms with Crippen LogP contribution in [-0.2, 0) is 16.6 Å². The molecule has 0 radical (unpaired) electrons. The third-order valence-electron chi connectivity index (χ3n) is 3.29. The van der Waals surface area contributed by atoms with Gasteiger partial charge in [-0.15, -0.1) is 11.3 Å². The predicted octanol–water partition coefficient (Wildman–Crippen LogP) is 4.07. The molecule has 0 saturated heterocycles. The second-order valence-corrected chi connectivity index (χ2v) is 6.85. The number of anilines is 1. The summed E-state index contributed by atoms with van der Waals surface area (Å²) < 4.78 is 0.716. The Hall–Kier alpha value is -1.32. The zero-order valence-electron chi connectivity index (χ0n) is 10.9. The standard InChI is InChI=1S/C15H16ClNOS/c1-15(2,10-3-5-11(17)6-4-10)13(18)9-12-7-8-14(16)19-12/h3-8H,9,17H2,1-2H3. The smallest absolute Gasteiger partial charge is 0.148 e. The van der Waals surface area contributed by atoms with Crippen molar-refractivity contribution in [3.05, 3.63) is 51.2 Å². The van der Waals surface area contributed by atoms with Gasteiger partial charge in [0.2, 0.25) is 0 Å². The minimum Gasteiger partial charge on any atom is -0.399 e. The number of nitrogens with two attached hydrogens (primary N) is 1. The van der Waals surface area contributed by atoms with Crippen LogP contribution in [0.25, 0.3) is 0 Å². The molecule has 2 aromatic rings. The summed E-state index contributed by atoms with van der Waals surface area (Å²) in [6.45, 7) is 3.88. The normalized spacial score (nSPS) is 11.5. The fourth-order valence-corrected chi connectivity index (χ4v) is 2.97. The molecule has 0 atom stereocenters. The number of halogens is 1. The first-order valence-electron chi connectivity index (χ1n) is 6.03. The van der Waals surface area contributed by atoms with Gasteiger partial charge in [0, 0.05) is 22.4 Å². The first kappa shape index (κ1) is 14.1. The van der Waals surface area contributed by atoms with E-state index < -0.39 is 5.41 Å². The summed E-state index contributed by atoms with van der Waals surface area (Å²) in [5, 5.41) is 0. The van der Waals surface area contributed by atoms with E-state index in [0.717, 1.165) is 10.4 Å². The van der Waals surface area contributed by atoms with E-state index in [1.54, 1.807) is 0 Å². The molecular formula is C15H16ClNOS. The van der Waals surface area contributed by atoms with Crippen LogP contribution in [0.5, 0.6) is 0 Å². The lowest BCUT2D eigenvalue weighted by atomic mass is 9.79. The second kappa shape index (κ2) is 5.35. The van der Waals surface area contributed by atoms with Crippen molar-refractivity contribution in [2.24, 2.45) is 0 Å². The monoisotopic (exact) mass is 293 g/mol. The van der Waals surface area contributed by atoms with Crippen LogP contribution >= 0.6 is 22.9 Å². The largest absolute Gasteiger partial charge is 0.399 e. The maximum absolute atomic E-state index is 12.5. The molecule has 2 N–H and O–H groups in total.